The zero-order chi connectivity index (χ0) is 11.1. The van der Waals surface area contributed by atoms with Crippen LogP contribution in [0, 0.1) is 0 Å². The highest BCUT2D eigenvalue weighted by Crippen LogP contribution is 2.31. The van der Waals surface area contributed by atoms with Gasteiger partial charge >= 0.3 is 0 Å². The summed E-state index contributed by atoms with van der Waals surface area (Å²) in [6.07, 6.45) is 1.85. The van der Waals surface area contributed by atoms with E-state index in [1.54, 1.807) is 12.1 Å². The van der Waals surface area contributed by atoms with Gasteiger partial charge in [0.2, 0.25) is 0 Å². The number of piperazine rings is 1. The molecular formula is C12H14N2O2. The molecule has 2 saturated heterocycles. The summed E-state index contributed by atoms with van der Waals surface area (Å²) in [5.41, 5.74) is 1.36. The van der Waals surface area contributed by atoms with Crippen LogP contribution in [0.5, 0.6) is 5.75 Å². The number of nitrogens with one attached hydrogen (secondary N) is 1. The summed E-state index contributed by atoms with van der Waals surface area (Å²) in [4.78, 5) is 12.9. The first-order valence-electron chi connectivity index (χ1n) is 5.56. The second kappa shape index (κ2) is 3.49. The van der Waals surface area contributed by atoms with Gasteiger partial charge in [-0.3, -0.25) is 4.79 Å². The molecule has 2 bridgehead atoms. The molecule has 0 amide bonds. The van der Waals surface area contributed by atoms with Gasteiger partial charge in [-0.2, -0.15) is 0 Å². The van der Waals surface area contributed by atoms with Crippen LogP contribution in [-0.2, 0) is 0 Å². The van der Waals surface area contributed by atoms with Crippen molar-refractivity contribution in [1.82, 2.24) is 5.32 Å². The lowest BCUT2D eigenvalue weighted by molar-refractivity contribution is 0.112. The number of aldehydes is 1. The van der Waals surface area contributed by atoms with E-state index >= 15 is 0 Å². The molecule has 0 saturated carbocycles. The maximum absolute atomic E-state index is 10.6. The van der Waals surface area contributed by atoms with Crippen molar-refractivity contribution in [3.8, 4) is 5.75 Å². The highest BCUT2D eigenvalue weighted by Gasteiger charge is 2.37. The summed E-state index contributed by atoms with van der Waals surface area (Å²) in [6.45, 7) is 2.01. The van der Waals surface area contributed by atoms with Crippen molar-refractivity contribution in [1.29, 1.82) is 0 Å². The molecule has 2 N–H and O–H groups in total. The number of hydrogen-bond acceptors (Lipinski definition) is 4. The van der Waals surface area contributed by atoms with Crippen LogP contribution >= 0.6 is 0 Å². The summed E-state index contributed by atoms with van der Waals surface area (Å²) >= 11 is 0. The number of phenols is 1. The van der Waals surface area contributed by atoms with E-state index < -0.39 is 0 Å². The van der Waals surface area contributed by atoms with Crippen LogP contribution in [0.1, 0.15) is 16.8 Å². The fraction of sp³-hybridized carbons (Fsp3) is 0.417. The molecule has 84 valence electrons. The van der Waals surface area contributed by atoms with Crippen molar-refractivity contribution in [3.05, 3.63) is 23.8 Å². The fourth-order valence-corrected chi connectivity index (χ4v) is 2.69. The molecule has 4 heteroatoms. The summed E-state index contributed by atoms with van der Waals surface area (Å²) in [5.74, 6) is 0.0724. The van der Waals surface area contributed by atoms with Gasteiger partial charge in [0.15, 0.2) is 6.29 Å². The third-order valence-electron chi connectivity index (χ3n) is 3.53. The van der Waals surface area contributed by atoms with Gasteiger partial charge in [-0.25, -0.2) is 0 Å². The lowest BCUT2D eigenvalue weighted by Crippen LogP contribution is -2.43. The average Bonchev–Trinajstić information content (AvgIpc) is 2.90. The Morgan fingerprint density at radius 3 is 2.94 bits per heavy atom. The van der Waals surface area contributed by atoms with Crippen molar-refractivity contribution < 1.29 is 9.90 Å². The van der Waals surface area contributed by atoms with Crippen molar-refractivity contribution in [2.24, 2.45) is 0 Å². The van der Waals surface area contributed by atoms with Crippen molar-refractivity contribution in [2.45, 2.75) is 18.5 Å². The number of fused-ring (bicyclic) bond motifs is 2. The first kappa shape index (κ1) is 9.66. The van der Waals surface area contributed by atoms with E-state index in [4.69, 9.17) is 0 Å². The minimum Gasteiger partial charge on any atom is -0.507 e. The zero-order valence-electron chi connectivity index (χ0n) is 8.89. The van der Waals surface area contributed by atoms with Gasteiger partial charge in [-0.05, 0) is 18.6 Å². The standard InChI is InChI=1S/C12H14N2O2/c15-7-8-1-2-10(4-12(8)16)14-6-9-3-11(14)5-13-9/h1-2,4,7,9,11,13,16H,3,5-6H2/t9-,11-/m0/s1. The Kier molecular flexibility index (Phi) is 2.11. The van der Waals surface area contributed by atoms with Crippen LogP contribution in [0.2, 0.25) is 0 Å². The Balaban J connectivity index is 1.90. The van der Waals surface area contributed by atoms with E-state index in [9.17, 15) is 9.90 Å². The number of benzene rings is 1. The number of phenolic OH excluding ortho intramolecular Hbond substituents is 1. The van der Waals surface area contributed by atoms with Gasteiger partial charge in [-0.15, -0.1) is 0 Å². The first-order chi connectivity index (χ1) is 7.78. The van der Waals surface area contributed by atoms with Crippen molar-refractivity contribution in [2.75, 3.05) is 18.0 Å². The second-order valence-electron chi connectivity index (χ2n) is 4.51. The largest absolute Gasteiger partial charge is 0.507 e. The number of aromatic hydroxyl groups is 1. The van der Waals surface area contributed by atoms with E-state index in [0.29, 0.717) is 23.9 Å². The van der Waals surface area contributed by atoms with Gasteiger partial charge in [0.25, 0.3) is 0 Å². The Labute approximate surface area is 93.9 Å². The average molecular weight is 218 g/mol. The molecule has 0 spiro atoms. The number of anilines is 1. The molecule has 1 aromatic carbocycles. The monoisotopic (exact) mass is 218 g/mol. The van der Waals surface area contributed by atoms with Crippen LogP contribution in [0.4, 0.5) is 5.69 Å². The number of carbonyl (C=O) groups excluding carboxylic acids is 1. The lowest BCUT2D eigenvalue weighted by atomic mass is 10.1. The van der Waals surface area contributed by atoms with Crippen LogP contribution in [-0.4, -0.2) is 36.6 Å². The molecule has 4 nitrogen and oxygen atoms in total. The van der Waals surface area contributed by atoms with Crippen LogP contribution in [0.25, 0.3) is 0 Å². The summed E-state index contributed by atoms with van der Waals surface area (Å²) in [7, 11) is 0. The molecule has 16 heavy (non-hydrogen) atoms. The zero-order valence-corrected chi connectivity index (χ0v) is 8.89. The highest BCUT2D eigenvalue weighted by molar-refractivity contribution is 5.80. The molecule has 2 heterocycles. The molecule has 2 atom stereocenters. The number of hydrogen-bond donors (Lipinski definition) is 2. The van der Waals surface area contributed by atoms with Crippen LogP contribution < -0.4 is 10.2 Å². The van der Waals surface area contributed by atoms with E-state index in [2.05, 4.69) is 10.2 Å². The third-order valence-corrected chi connectivity index (χ3v) is 3.53. The molecule has 0 radical (unpaired) electrons. The molecule has 0 aliphatic carbocycles. The normalized spacial score (nSPS) is 27.4. The van der Waals surface area contributed by atoms with Crippen molar-refractivity contribution in [3.63, 3.8) is 0 Å². The van der Waals surface area contributed by atoms with Gasteiger partial charge in [0.1, 0.15) is 5.75 Å². The molecule has 2 aliphatic heterocycles. The molecule has 0 aromatic heterocycles. The minimum atomic E-state index is 0.0724. The number of carbonyl (C=O) groups is 1. The SMILES string of the molecule is O=Cc1ccc(N2C[C@@H]3C[C@H]2CN3)cc1O. The molecule has 2 fully saturated rings. The van der Waals surface area contributed by atoms with Gasteiger partial charge in [0.05, 0.1) is 5.56 Å². The van der Waals surface area contributed by atoms with E-state index in [-0.39, 0.29) is 5.75 Å². The van der Waals surface area contributed by atoms with E-state index in [0.717, 1.165) is 18.8 Å². The van der Waals surface area contributed by atoms with Crippen LogP contribution in [0.15, 0.2) is 18.2 Å². The summed E-state index contributed by atoms with van der Waals surface area (Å²) < 4.78 is 0. The Morgan fingerprint density at radius 1 is 1.50 bits per heavy atom. The predicted molar refractivity (Wildman–Crippen MR) is 61.0 cm³/mol. The van der Waals surface area contributed by atoms with E-state index in [1.807, 2.05) is 6.07 Å². The van der Waals surface area contributed by atoms with Crippen LogP contribution in [0.3, 0.4) is 0 Å². The van der Waals surface area contributed by atoms with Gasteiger partial charge in [-0.1, -0.05) is 0 Å². The van der Waals surface area contributed by atoms with Gasteiger partial charge < -0.3 is 15.3 Å². The van der Waals surface area contributed by atoms with Crippen molar-refractivity contribution >= 4 is 12.0 Å². The minimum absolute atomic E-state index is 0.0724. The highest BCUT2D eigenvalue weighted by atomic mass is 16.3. The molecule has 3 rings (SSSR count). The molecule has 2 aliphatic rings. The maximum Gasteiger partial charge on any atom is 0.153 e. The Bertz CT molecular complexity index is 433. The first-order valence-corrected chi connectivity index (χ1v) is 5.56. The predicted octanol–water partition coefficient (Wildman–Crippen LogP) is 0.755. The fourth-order valence-electron chi connectivity index (χ4n) is 2.69. The number of nitrogens with zero attached hydrogens (tertiary/aromatic N) is 1. The van der Waals surface area contributed by atoms with E-state index in [1.165, 1.54) is 6.42 Å². The van der Waals surface area contributed by atoms with Gasteiger partial charge in [0, 0.05) is 36.9 Å². The Hall–Kier alpha value is -1.55. The summed E-state index contributed by atoms with van der Waals surface area (Å²) in [6, 6.07) is 6.38. The Morgan fingerprint density at radius 2 is 2.38 bits per heavy atom. The smallest absolute Gasteiger partial charge is 0.153 e. The molecule has 0 unspecified atom stereocenters. The number of rotatable bonds is 2. The quantitative estimate of drug-likeness (QED) is 0.719. The second-order valence-corrected chi connectivity index (χ2v) is 4.51. The molecular weight excluding hydrogens is 204 g/mol. The topological polar surface area (TPSA) is 52.6 Å². The maximum atomic E-state index is 10.6. The lowest BCUT2D eigenvalue weighted by Gasteiger charge is -2.29. The molecule has 1 aromatic rings. The third kappa shape index (κ3) is 1.38. The summed E-state index contributed by atoms with van der Waals surface area (Å²) in [5, 5.41) is 13.1.